The van der Waals surface area contributed by atoms with Gasteiger partial charge in [0.2, 0.25) is 0 Å². The number of rotatable bonds is 7. The number of unbranched alkanes of at least 4 members (excludes halogenated alkanes) is 1. The zero-order valence-electron chi connectivity index (χ0n) is 13.1. The highest BCUT2D eigenvalue weighted by Gasteiger charge is 2.09. The first-order valence-corrected chi connectivity index (χ1v) is 8.51. The van der Waals surface area contributed by atoms with Crippen molar-refractivity contribution in [1.29, 1.82) is 0 Å². The summed E-state index contributed by atoms with van der Waals surface area (Å²) in [6.45, 7) is 3.09. The molecule has 0 bridgehead atoms. The summed E-state index contributed by atoms with van der Waals surface area (Å²) in [5, 5.41) is 6.98. The lowest BCUT2D eigenvalue weighted by molar-refractivity contribution is 0.0946. The first kappa shape index (κ1) is 17.4. The molecule has 0 aliphatic rings. The number of nitrogens with zero attached hydrogens (tertiary/aromatic N) is 2. The number of carbonyl (C=O) groups excluding carboxylic acids is 1. The second-order valence-electron chi connectivity index (χ2n) is 5.23. The van der Waals surface area contributed by atoms with Crippen LogP contribution >= 0.6 is 15.9 Å². The van der Waals surface area contributed by atoms with Crippen LogP contribution in [0.25, 0.3) is 0 Å². The van der Waals surface area contributed by atoms with Gasteiger partial charge in [0.15, 0.2) is 0 Å². The van der Waals surface area contributed by atoms with E-state index in [1.165, 1.54) is 16.8 Å². The van der Waals surface area contributed by atoms with Gasteiger partial charge in [0.1, 0.15) is 5.69 Å². The molecule has 1 aromatic heterocycles. The first-order valence-electron chi connectivity index (χ1n) is 7.71. The minimum Gasteiger partial charge on any atom is -0.350 e. The van der Waals surface area contributed by atoms with Crippen LogP contribution in [-0.2, 0) is 13.0 Å². The fourth-order valence-electron chi connectivity index (χ4n) is 2.14. The van der Waals surface area contributed by atoms with Crippen molar-refractivity contribution in [2.24, 2.45) is 0 Å². The Hall–Kier alpha value is -1.95. The molecule has 0 spiro atoms. The zero-order valence-corrected chi connectivity index (χ0v) is 14.7. The highest BCUT2D eigenvalue weighted by Crippen LogP contribution is 2.15. The van der Waals surface area contributed by atoms with Gasteiger partial charge < -0.3 is 5.32 Å². The lowest BCUT2D eigenvalue weighted by atomic mass is 10.1. The third-order valence-corrected chi connectivity index (χ3v) is 4.23. The van der Waals surface area contributed by atoms with Crippen LogP contribution in [0.5, 0.6) is 0 Å². The Kier molecular flexibility index (Phi) is 6.52. The molecule has 0 atom stereocenters. The number of amides is 1. The summed E-state index contributed by atoms with van der Waals surface area (Å²) in [6, 6.07) is 10.8. The van der Waals surface area contributed by atoms with Crippen molar-refractivity contribution < 1.29 is 4.79 Å². The maximum atomic E-state index is 12.2. The Morgan fingerprint density at radius 1 is 1.26 bits per heavy atom. The first-order chi connectivity index (χ1) is 11.1. The lowest BCUT2D eigenvalue weighted by Crippen LogP contribution is -2.30. The molecule has 2 rings (SSSR count). The average molecular weight is 378 g/mol. The summed E-state index contributed by atoms with van der Waals surface area (Å²) in [4.78, 5) is 23.9. The quantitative estimate of drug-likeness (QED) is 0.806. The van der Waals surface area contributed by atoms with E-state index in [2.05, 4.69) is 26.3 Å². The number of aryl methyl sites for hydroxylation is 1. The van der Waals surface area contributed by atoms with Gasteiger partial charge in [-0.05, 0) is 30.5 Å². The highest BCUT2D eigenvalue weighted by atomic mass is 79.9. The molecule has 1 heterocycles. The summed E-state index contributed by atoms with van der Waals surface area (Å²) >= 11 is 3.49. The molecule has 0 radical (unpaired) electrons. The molecule has 23 heavy (non-hydrogen) atoms. The highest BCUT2D eigenvalue weighted by molar-refractivity contribution is 9.10. The van der Waals surface area contributed by atoms with Gasteiger partial charge in [-0.2, -0.15) is 5.10 Å². The molecule has 122 valence electrons. The summed E-state index contributed by atoms with van der Waals surface area (Å²) in [5.74, 6) is -0.262. The lowest BCUT2D eigenvalue weighted by Gasteiger charge is -2.08. The molecular weight excluding hydrogens is 358 g/mol. The van der Waals surface area contributed by atoms with Gasteiger partial charge in [-0.3, -0.25) is 9.59 Å². The number of benzene rings is 1. The van der Waals surface area contributed by atoms with Gasteiger partial charge in [0.25, 0.3) is 11.5 Å². The number of halogens is 1. The third kappa shape index (κ3) is 5.03. The molecule has 1 aromatic carbocycles. The average Bonchev–Trinajstić information content (AvgIpc) is 2.55. The normalized spacial score (nSPS) is 10.5. The SMILES string of the molecule is CCCCn1nc(C(=O)NCCc2ccccc2Br)ccc1=O. The van der Waals surface area contributed by atoms with E-state index in [4.69, 9.17) is 0 Å². The standard InChI is InChI=1S/C17H20BrN3O2/c1-2-3-12-21-16(22)9-8-15(20-21)17(23)19-11-10-13-6-4-5-7-14(13)18/h4-9H,2-3,10-12H2,1H3,(H,19,23). The topological polar surface area (TPSA) is 64.0 Å². The molecule has 5 nitrogen and oxygen atoms in total. The second kappa shape index (κ2) is 8.62. The Morgan fingerprint density at radius 2 is 2.04 bits per heavy atom. The van der Waals surface area contributed by atoms with E-state index in [9.17, 15) is 9.59 Å². The fourth-order valence-corrected chi connectivity index (χ4v) is 2.62. The Morgan fingerprint density at radius 3 is 2.78 bits per heavy atom. The number of aromatic nitrogens is 2. The van der Waals surface area contributed by atoms with Crippen LogP contribution in [0.2, 0.25) is 0 Å². The molecule has 0 unspecified atom stereocenters. The van der Waals surface area contributed by atoms with E-state index in [1.807, 2.05) is 31.2 Å². The minimum absolute atomic E-state index is 0.178. The van der Waals surface area contributed by atoms with Gasteiger partial charge in [0.05, 0.1) is 0 Å². The monoisotopic (exact) mass is 377 g/mol. The van der Waals surface area contributed by atoms with E-state index >= 15 is 0 Å². The van der Waals surface area contributed by atoms with Crippen molar-refractivity contribution >= 4 is 21.8 Å². The summed E-state index contributed by atoms with van der Waals surface area (Å²) < 4.78 is 2.38. The van der Waals surface area contributed by atoms with Gasteiger partial charge in [-0.1, -0.05) is 47.5 Å². The van der Waals surface area contributed by atoms with E-state index in [0.717, 1.165) is 29.3 Å². The molecule has 0 fully saturated rings. The summed E-state index contributed by atoms with van der Waals surface area (Å²) in [5.41, 5.74) is 1.23. The maximum absolute atomic E-state index is 12.2. The van der Waals surface area contributed by atoms with Gasteiger partial charge >= 0.3 is 0 Å². The van der Waals surface area contributed by atoms with Crippen LogP contribution in [0, 0.1) is 0 Å². The van der Waals surface area contributed by atoms with Crippen LogP contribution in [0.4, 0.5) is 0 Å². The number of hydrogen-bond donors (Lipinski definition) is 1. The van der Waals surface area contributed by atoms with E-state index in [0.29, 0.717) is 13.1 Å². The molecule has 0 aliphatic heterocycles. The Balaban J connectivity index is 1.95. The second-order valence-corrected chi connectivity index (χ2v) is 6.09. The third-order valence-electron chi connectivity index (χ3n) is 3.46. The molecule has 2 aromatic rings. The molecule has 0 aliphatic carbocycles. The van der Waals surface area contributed by atoms with E-state index in [1.54, 1.807) is 0 Å². The molecule has 1 amide bonds. The van der Waals surface area contributed by atoms with E-state index in [-0.39, 0.29) is 17.2 Å². The Bertz CT molecular complexity index is 728. The number of nitrogens with one attached hydrogen (secondary N) is 1. The summed E-state index contributed by atoms with van der Waals surface area (Å²) in [7, 11) is 0. The van der Waals surface area contributed by atoms with Gasteiger partial charge in [-0.25, -0.2) is 4.68 Å². The molecule has 1 N–H and O–H groups in total. The van der Waals surface area contributed by atoms with Crippen LogP contribution < -0.4 is 10.9 Å². The van der Waals surface area contributed by atoms with Crippen molar-refractivity contribution in [3.63, 3.8) is 0 Å². The fraction of sp³-hybridized carbons (Fsp3) is 0.353. The minimum atomic E-state index is -0.262. The number of carbonyl (C=O) groups is 1. The van der Waals surface area contributed by atoms with Crippen LogP contribution in [-0.4, -0.2) is 22.2 Å². The molecular formula is C17H20BrN3O2. The van der Waals surface area contributed by atoms with Crippen molar-refractivity contribution in [2.75, 3.05) is 6.54 Å². The predicted molar refractivity (Wildman–Crippen MR) is 93.6 cm³/mol. The van der Waals surface area contributed by atoms with Crippen molar-refractivity contribution in [2.45, 2.75) is 32.7 Å². The number of hydrogen-bond acceptors (Lipinski definition) is 3. The molecule has 6 heteroatoms. The largest absolute Gasteiger partial charge is 0.350 e. The van der Waals surface area contributed by atoms with Gasteiger partial charge in [-0.15, -0.1) is 0 Å². The maximum Gasteiger partial charge on any atom is 0.271 e. The van der Waals surface area contributed by atoms with E-state index < -0.39 is 0 Å². The molecule has 0 saturated carbocycles. The Labute approximate surface area is 143 Å². The van der Waals surface area contributed by atoms with Crippen molar-refractivity contribution in [3.05, 3.63) is 62.5 Å². The van der Waals surface area contributed by atoms with Gasteiger partial charge in [0, 0.05) is 23.6 Å². The predicted octanol–water partition coefficient (Wildman–Crippen LogP) is 2.78. The van der Waals surface area contributed by atoms with Crippen LogP contribution in [0.1, 0.15) is 35.8 Å². The summed E-state index contributed by atoms with van der Waals surface area (Å²) in [6.07, 6.45) is 2.55. The van der Waals surface area contributed by atoms with Crippen LogP contribution in [0.15, 0.2) is 45.7 Å². The van der Waals surface area contributed by atoms with Crippen molar-refractivity contribution in [3.8, 4) is 0 Å². The van der Waals surface area contributed by atoms with Crippen LogP contribution in [0.3, 0.4) is 0 Å². The smallest absolute Gasteiger partial charge is 0.271 e. The molecule has 0 saturated heterocycles. The van der Waals surface area contributed by atoms with Crippen molar-refractivity contribution in [1.82, 2.24) is 15.1 Å². The zero-order chi connectivity index (χ0) is 16.7.